The van der Waals surface area contributed by atoms with Crippen molar-refractivity contribution >= 4 is 11.3 Å². The largest absolute Gasteiger partial charge is 0.397 e. The lowest BCUT2D eigenvalue weighted by atomic mass is 9.97. The van der Waals surface area contributed by atoms with E-state index < -0.39 is 0 Å². The molecule has 0 unspecified atom stereocenters. The first kappa shape index (κ1) is 12.8. The Kier molecular flexibility index (Phi) is 3.63. The predicted octanol–water partition coefficient (Wildman–Crippen LogP) is 3.05. The topological polar surface area (TPSA) is 62.7 Å². The van der Waals surface area contributed by atoms with Crippen molar-refractivity contribution in [3.05, 3.63) is 65.0 Å². The van der Waals surface area contributed by atoms with E-state index in [0.29, 0.717) is 11.3 Å². The van der Waals surface area contributed by atoms with Crippen LogP contribution in [0.15, 0.2) is 42.7 Å². The van der Waals surface area contributed by atoms with E-state index in [2.05, 4.69) is 11.1 Å². The van der Waals surface area contributed by atoms with E-state index in [1.807, 2.05) is 32.0 Å². The number of allylic oxidation sites excluding steroid dienone is 1. The third-order valence-corrected chi connectivity index (χ3v) is 3.03. The molecule has 2 aromatic rings. The molecule has 0 aliphatic carbocycles. The zero-order valence-corrected chi connectivity index (χ0v) is 11.0. The van der Waals surface area contributed by atoms with Crippen LogP contribution in [-0.2, 0) is 0 Å². The van der Waals surface area contributed by atoms with Gasteiger partial charge in [-0.25, -0.2) is 0 Å². The van der Waals surface area contributed by atoms with Crippen molar-refractivity contribution in [2.24, 2.45) is 5.73 Å². The summed E-state index contributed by atoms with van der Waals surface area (Å²) in [4.78, 5) is 3.95. The molecule has 0 atom stereocenters. The standard InChI is InChI=1S/C16H15N3/c1-11-3-4-12(2)14(9-11)16(18)15(10-17)13-5-7-19-8-6-13/h3-9H,18H2,1-2H3/b16-15+. The molecule has 0 bridgehead atoms. The Labute approximate surface area is 113 Å². The van der Waals surface area contributed by atoms with Crippen LogP contribution in [0.1, 0.15) is 22.3 Å². The minimum Gasteiger partial charge on any atom is -0.397 e. The number of hydrogen-bond acceptors (Lipinski definition) is 3. The fourth-order valence-electron chi connectivity index (χ4n) is 1.96. The van der Waals surface area contributed by atoms with Gasteiger partial charge < -0.3 is 5.73 Å². The Morgan fingerprint density at radius 3 is 2.47 bits per heavy atom. The van der Waals surface area contributed by atoms with E-state index in [4.69, 9.17) is 5.73 Å². The second-order valence-electron chi connectivity index (χ2n) is 4.45. The Morgan fingerprint density at radius 2 is 1.84 bits per heavy atom. The number of nitrogens with zero attached hydrogens (tertiary/aromatic N) is 2. The minimum atomic E-state index is 0.483. The van der Waals surface area contributed by atoms with Gasteiger partial charge in [0.1, 0.15) is 6.07 Å². The zero-order valence-electron chi connectivity index (χ0n) is 11.0. The second-order valence-corrected chi connectivity index (χ2v) is 4.45. The molecule has 0 aliphatic rings. The normalized spacial score (nSPS) is 11.6. The molecule has 3 nitrogen and oxygen atoms in total. The summed E-state index contributed by atoms with van der Waals surface area (Å²) < 4.78 is 0. The Hall–Kier alpha value is -2.60. The molecule has 1 aromatic carbocycles. The fraction of sp³-hybridized carbons (Fsp3) is 0.125. The molecule has 0 saturated heterocycles. The summed E-state index contributed by atoms with van der Waals surface area (Å²) in [5.41, 5.74) is 11.1. The van der Waals surface area contributed by atoms with Crippen molar-refractivity contribution in [2.75, 3.05) is 0 Å². The van der Waals surface area contributed by atoms with E-state index in [0.717, 1.165) is 22.3 Å². The molecule has 1 aromatic heterocycles. The number of aromatic nitrogens is 1. The van der Waals surface area contributed by atoms with Crippen LogP contribution < -0.4 is 5.73 Å². The van der Waals surface area contributed by atoms with Gasteiger partial charge in [0.25, 0.3) is 0 Å². The molecule has 0 radical (unpaired) electrons. The number of rotatable bonds is 2. The molecule has 2 rings (SSSR count). The molecule has 0 spiro atoms. The highest BCUT2D eigenvalue weighted by molar-refractivity contribution is 5.96. The maximum Gasteiger partial charge on any atom is 0.102 e. The van der Waals surface area contributed by atoms with Crippen molar-refractivity contribution in [3.63, 3.8) is 0 Å². The van der Waals surface area contributed by atoms with E-state index in [-0.39, 0.29) is 0 Å². The van der Waals surface area contributed by atoms with Crippen LogP contribution in [0.25, 0.3) is 11.3 Å². The predicted molar refractivity (Wildman–Crippen MR) is 76.8 cm³/mol. The molecular formula is C16H15N3. The number of nitrogens with two attached hydrogens (primary N) is 1. The summed E-state index contributed by atoms with van der Waals surface area (Å²) in [7, 11) is 0. The number of benzene rings is 1. The van der Waals surface area contributed by atoms with Gasteiger partial charge in [-0.2, -0.15) is 5.26 Å². The Bertz CT molecular complexity index is 664. The smallest absolute Gasteiger partial charge is 0.102 e. The van der Waals surface area contributed by atoms with Crippen molar-refractivity contribution in [1.82, 2.24) is 4.98 Å². The molecule has 0 amide bonds. The van der Waals surface area contributed by atoms with Crippen molar-refractivity contribution in [1.29, 1.82) is 5.26 Å². The quantitative estimate of drug-likeness (QED) is 0.832. The lowest BCUT2D eigenvalue weighted by Crippen LogP contribution is -2.03. The highest BCUT2D eigenvalue weighted by atomic mass is 14.6. The van der Waals surface area contributed by atoms with Gasteiger partial charge >= 0.3 is 0 Å². The molecule has 19 heavy (non-hydrogen) atoms. The summed E-state index contributed by atoms with van der Waals surface area (Å²) >= 11 is 0. The molecular weight excluding hydrogens is 234 g/mol. The maximum absolute atomic E-state index is 9.36. The average Bonchev–Trinajstić information content (AvgIpc) is 2.43. The Morgan fingerprint density at radius 1 is 1.16 bits per heavy atom. The summed E-state index contributed by atoms with van der Waals surface area (Å²) in [5, 5.41) is 9.36. The summed E-state index contributed by atoms with van der Waals surface area (Å²) in [6, 6.07) is 11.8. The number of aryl methyl sites for hydroxylation is 2. The molecule has 0 fully saturated rings. The van der Waals surface area contributed by atoms with Gasteiger partial charge in [0.15, 0.2) is 0 Å². The average molecular weight is 249 g/mol. The van der Waals surface area contributed by atoms with Crippen LogP contribution in [-0.4, -0.2) is 4.98 Å². The maximum atomic E-state index is 9.36. The Balaban J connectivity index is 2.62. The van der Waals surface area contributed by atoms with Gasteiger partial charge in [-0.3, -0.25) is 4.98 Å². The number of nitriles is 1. The second kappa shape index (κ2) is 5.36. The van der Waals surface area contributed by atoms with Gasteiger partial charge in [-0.15, -0.1) is 0 Å². The van der Waals surface area contributed by atoms with E-state index in [1.165, 1.54) is 0 Å². The van der Waals surface area contributed by atoms with Gasteiger partial charge in [-0.05, 0) is 43.2 Å². The first-order chi connectivity index (χ1) is 9.13. The van der Waals surface area contributed by atoms with E-state index in [1.54, 1.807) is 24.5 Å². The zero-order chi connectivity index (χ0) is 13.8. The van der Waals surface area contributed by atoms with Crippen molar-refractivity contribution < 1.29 is 0 Å². The SMILES string of the molecule is Cc1ccc(C)c(/C(N)=C(/C#N)c2ccncc2)c1. The van der Waals surface area contributed by atoms with Gasteiger partial charge in [0, 0.05) is 18.0 Å². The molecule has 0 saturated carbocycles. The molecule has 2 N–H and O–H groups in total. The third-order valence-electron chi connectivity index (χ3n) is 3.03. The molecule has 3 heteroatoms. The first-order valence-corrected chi connectivity index (χ1v) is 6.01. The molecule has 1 heterocycles. The van der Waals surface area contributed by atoms with Gasteiger partial charge in [0.2, 0.25) is 0 Å². The van der Waals surface area contributed by atoms with E-state index in [9.17, 15) is 5.26 Å². The number of pyridine rings is 1. The van der Waals surface area contributed by atoms with Crippen LogP contribution in [0, 0.1) is 25.2 Å². The third kappa shape index (κ3) is 2.63. The van der Waals surface area contributed by atoms with Crippen LogP contribution in [0.4, 0.5) is 0 Å². The van der Waals surface area contributed by atoms with Crippen LogP contribution in [0.3, 0.4) is 0 Å². The van der Waals surface area contributed by atoms with Crippen molar-refractivity contribution in [3.8, 4) is 6.07 Å². The highest BCUT2D eigenvalue weighted by Gasteiger charge is 2.10. The van der Waals surface area contributed by atoms with Crippen LogP contribution in [0.2, 0.25) is 0 Å². The molecule has 94 valence electrons. The summed E-state index contributed by atoms with van der Waals surface area (Å²) in [6.45, 7) is 4.00. The van der Waals surface area contributed by atoms with E-state index >= 15 is 0 Å². The number of hydrogen-bond donors (Lipinski definition) is 1. The van der Waals surface area contributed by atoms with Gasteiger partial charge in [-0.1, -0.05) is 17.7 Å². The summed E-state index contributed by atoms with van der Waals surface area (Å²) in [6.07, 6.45) is 3.31. The highest BCUT2D eigenvalue weighted by Crippen LogP contribution is 2.24. The molecule has 0 aliphatic heterocycles. The van der Waals surface area contributed by atoms with Gasteiger partial charge in [0.05, 0.1) is 11.3 Å². The minimum absolute atomic E-state index is 0.483. The van der Waals surface area contributed by atoms with Crippen molar-refractivity contribution in [2.45, 2.75) is 13.8 Å². The lowest BCUT2D eigenvalue weighted by molar-refractivity contribution is 1.31. The monoisotopic (exact) mass is 249 g/mol. The fourth-order valence-corrected chi connectivity index (χ4v) is 1.96. The first-order valence-electron chi connectivity index (χ1n) is 6.01. The van der Waals surface area contributed by atoms with Crippen LogP contribution >= 0.6 is 0 Å². The summed E-state index contributed by atoms with van der Waals surface area (Å²) in [5.74, 6) is 0. The van der Waals surface area contributed by atoms with Crippen LogP contribution in [0.5, 0.6) is 0 Å². The lowest BCUT2D eigenvalue weighted by Gasteiger charge is -2.10.